The van der Waals surface area contributed by atoms with Gasteiger partial charge < -0.3 is 0 Å². The van der Waals surface area contributed by atoms with Crippen molar-refractivity contribution in [3.8, 4) is 34.0 Å². The van der Waals surface area contributed by atoms with E-state index in [-0.39, 0.29) is 0 Å². The largest absolute Gasteiger partial charge is 0.299 e. The number of H-pyrrole nitrogens is 1. The SMILES string of the molecule is c1ccc(-c2c(-c3ccc(CN4CCC(c5nc(-c6ccccn6)n[nH]5)CC4)cc3)nc3sccn23)cc1. The van der Waals surface area contributed by atoms with E-state index >= 15 is 0 Å². The van der Waals surface area contributed by atoms with Gasteiger partial charge >= 0.3 is 0 Å². The number of thiazole rings is 1. The first-order valence-corrected chi connectivity index (χ1v) is 13.9. The molecule has 1 N–H and O–H groups in total. The number of benzene rings is 2. The Morgan fingerprint density at radius 1 is 0.868 bits per heavy atom. The van der Waals surface area contributed by atoms with Gasteiger partial charge in [0.05, 0.1) is 11.4 Å². The van der Waals surface area contributed by atoms with Gasteiger partial charge in [0.15, 0.2) is 10.8 Å². The lowest BCUT2D eigenvalue weighted by Gasteiger charge is -2.30. The van der Waals surface area contributed by atoms with Crippen molar-refractivity contribution in [2.45, 2.75) is 25.3 Å². The van der Waals surface area contributed by atoms with Crippen molar-refractivity contribution < 1.29 is 0 Å². The summed E-state index contributed by atoms with van der Waals surface area (Å²) in [6.45, 7) is 3.04. The van der Waals surface area contributed by atoms with E-state index in [0.29, 0.717) is 11.7 Å². The van der Waals surface area contributed by atoms with E-state index < -0.39 is 0 Å². The van der Waals surface area contributed by atoms with Crippen LogP contribution in [0.4, 0.5) is 0 Å². The lowest BCUT2D eigenvalue weighted by atomic mass is 9.95. The van der Waals surface area contributed by atoms with Crippen LogP contribution in [0.25, 0.3) is 39.0 Å². The Labute approximate surface area is 224 Å². The number of pyridine rings is 1. The Morgan fingerprint density at radius 3 is 2.47 bits per heavy atom. The standard InChI is InChI=1S/C30H27N7S/c1-2-6-23(7-3-1)27-26(32-30-37(27)18-19-38-30)22-11-9-21(10-12-22)20-36-16-13-24(14-17-36)28-33-29(35-34-28)25-8-4-5-15-31-25/h1-12,15,18-19,24H,13-14,16-17,20H2,(H,33,34,35). The third kappa shape index (κ3) is 4.42. The van der Waals surface area contributed by atoms with Crippen molar-refractivity contribution in [2.24, 2.45) is 0 Å². The molecule has 0 radical (unpaired) electrons. The summed E-state index contributed by atoms with van der Waals surface area (Å²) in [7, 11) is 0. The molecule has 4 aromatic heterocycles. The molecule has 5 heterocycles. The van der Waals surface area contributed by atoms with Gasteiger partial charge in [-0.2, -0.15) is 5.10 Å². The van der Waals surface area contributed by atoms with E-state index in [4.69, 9.17) is 9.97 Å². The van der Waals surface area contributed by atoms with Crippen LogP contribution < -0.4 is 0 Å². The molecule has 1 aliphatic rings. The molecule has 7 nitrogen and oxygen atoms in total. The Balaban J connectivity index is 1.03. The van der Waals surface area contributed by atoms with Crippen LogP contribution in [0.15, 0.2) is 90.6 Å². The highest BCUT2D eigenvalue weighted by molar-refractivity contribution is 7.15. The molecule has 6 aromatic rings. The summed E-state index contributed by atoms with van der Waals surface area (Å²) < 4.78 is 2.20. The quantitative estimate of drug-likeness (QED) is 0.281. The van der Waals surface area contributed by atoms with Crippen molar-refractivity contribution in [3.63, 3.8) is 0 Å². The Bertz CT molecular complexity index is 1640. The highest BCUT2D eigenvalue weighted by Gasteiger charge is 2.24. The minimum absolute atomic E-state index is 0.407. The summed E-state index contributed by atoms with van der Waals surface area (Å²) in [5.41, 5.74) is 6.65. The second kappa shape index (κ2) is 9.96. The summed E-state index contributed by atoms with van der Waals surface area (Å²) in [4.78, 5) is 17.6. The summed E-state index contributed by atoms with van der Waals surface area (Å²) in [6, 6.07) is 25.3. The third-order valence-corrected chi connectivity index (χ3v) is 8.07. The number of nitrogens with one attached hydrogen (secondary N) is 1. The molecule has 2 aromatic carbocycles. The number of imidazole rings is 1. The molecule has 0 saturated carbocycles. The normalized spacial score (nSPS) is 14.8. The number of nitrogens with zero attached hydrogens (tertiary/aromatic N) is 6. The minimum Gasteiger partial charge on any atom is -0.299 e. The van der Waals surface area contributed by atoms with Gasteiger partial charge in [-0.3, -0.25) is 19.4 Å². The maximum atomic E-state index is 4.98. The van der Waals surface area contributed by atoms with Crippen LogP contribution in [0.5, 0.6) is 0 Å². The van der Waals surface area contributed by atoms with E-state index in [2.05, 4.69) is 90.7 Å². The molecule has 0 atom stereocenters. The van der Waals surface area contributed by atoms with E-state index in [1.54, 1.807) is 17.5 Å². The molecular weight excluding hydrogens is 490 g/mol. The zero-order valence-corrected chi connectivity index (χ0v) is 21.7. The van der Waals surface area contributed by atoms with Crippen LogP contribution in [0.1, 0.15) is 30.1 Å². The van der Waals surface area contributed by atoms with E-state index in [1.165, 1.54) is 11.1 Å². The molecule has 8 heteroatoms. The van der Waals surface area contributed by atoms with Gasteiger partial charge in [-0.25, -0.2) is 9.97 Å². The van der Waals surface area contributed by atoms with E-state index in [9.17, 15) is 0 Å². The van der Waals surface area contributed by atoms with Gasteiger partial charge in [0.25, 0.3) is 0 Å². The highest BCUT2D eigenvalue weighted by Crippen LogP contribution is 2.34. The zero-order chi connectivity index (χ0) is 25.3. The molecule has 1 aliphatic heterocycles. The van der Waals surface area contributed by atoms with Gasteiger partial charge in [0.1, 0.15) is 11.5 Å². The topological polar surface area (TPSA) is 75.0 Å². The van der Waals surface area contributed by atoms with Gasteiger partial charge in [-0.1, -0.05) is 60.7 Å². The Hall–Kier alpha value is -4.14. The highest BCUT2D eigenvalue weighted by atomic mass is 32.1. The number of likely N-dealkylation sites (tertiary alicyclic amines) is 1. The fraction of sp³-hybridized carbons (Fsp3) is 0.200. The minimum atomic E-state index is 0.407. The van der Waals surface area contributed by atoms with Crippen molar-refractivity contribution in [3.05, 3.63) is 102 Å². The van der Waals surface area contributed by atoms with Crippen LogP contribution in [-0.2, 0) is 6.54 Å². The first-order valence-electron chi connectivity index (χ1n) is 13.0. The molecule has 0 spiro atoms. The second-order valence-electron chi connectivity index (χ2n) is 9.74. The lowest BCUT2D eigenvalue weighted by molar-refractivity contribution is 0.202. The second-order valence-corrected chi connectivity index (χ2v) is 10.6. The fourth-order valence-electron chi connectivity index (χ4n) is 5.32. The molecule has 0 aliphatic carbocycles. The molecule has 1 fully saturated rings. The number of fused-ring (bicyclic) bond motifs is 1. The van der Waals surface area contributed by atoms with Crippen molar-refractivity contribution >= 4 is 16.3 Å². The zero-order valence-electron chi connectivity index (χ0n) is 20.9. The number of hydrogen-bond acceptors (Lipinski definition) is 6. The Morgan fingerprint density at radius 2 is 1.68 bits per heavy atom. The molecular formula is C30H27N7S. The summed E-state index contributed by atoms with van der Waals surface area (Å²) in [5, 5.41) is 9.65. The van der Waals surface area contributed by atoms with Gasteiger partial charge in [0.2, 0.25) is 0 Å². The maximum Gasteiger partial charge on any atom is 0.199 e. The van der Waals surface area contributed by atoms with Crippen LogP contribution in [0, 0.1) is 0 Å². The van der Waals surface area contributed by atoms with E-state index in [1.807, 2.05) is 18.2 Å². The number of rotatable bonds is 6. The molecule has 1 saturated heterocycles. The molecule has 7 rings (SSSR count). The molecule has 0 unspecified atom stereocenters. The maximum absolute atomic E-state index is 4.98. The van der Waals surface area contributed by atoms with Gasteiger partial charge in [0, 0.05) is 41.4 Å². The molecule has 188 valence electrons. The summed E-state index contributed by atoms with van der Waals surface area (Å²) >= 11 is 1.67. The number of aromatic amines is 1. The van der Waals surface area contributed by atoms with Gasteiger partial charge in [-0.15, -0.1) is 11.3 Å². The molecule has 0 amide bonds. The lowest BCUT2D eigenvalue weighted by Crippen LogP contribution is -2.32. The summed E-state index contributed by atoms with van der Waals surface area (Å²) in [6.07, 6.45) is 6.02. The first kappa shape index (κ1) is 23.0. The van der Waals surface area contributed by atoms with Crippen molar-refractivity contribution in [1.82, 2.24) is 34.4 Å². The monoisotopic (exact) mass is 517 g/mol. The Kier molecular flexibility index (Phi) is 6.03. The average molecular weight is 518 g/mol. The number of hydrogen-bond donors (Lipinski definition) is 1. The average Bonchev–Trinajstić information content (AvgIpc) is 3.72. The van der Waals surface area contributed by atoms with Crippen LogP contribution in [0.3, 0.4) is 0 Å². The molecule has 0 bridgehead atoms. The third-order valence-electron chi connectivity index (χ3n) is 7.31. The summed E-state index contributed by atoms with van der Waals surface area (Å²) in [5.74, 6) is 2.06. The van der Waals surface area contributed by atoms with Crippen molar-refractivity contribution in [1.29, 1.82) is 0 Å². The molecule has 38 heavy (non-hydrogen) atoms. The predicted molar refractivity (Wildman–Crippen MR) is 151 cm³/mol. The van der Waals surface area contributed by atoms with Crippen LogP contribution in [-0.4, -0.2) is 47.5 Å². The fourth-order valence-corrected chi connectivity index (χ4v) is 6.03. The van der Waals surface area contributed by atoms with Crippen molar-refractivity contribution in [2.75, 3.05) is 13.1 Å². The van der Waals surface area contributed by atoms with E-state index in [0.717, 1.165) is 65.9 Å². The van der Waals surface area contributed by atoms with Gasteiger partial charge in [-0.05, 0) is 43.6 Å². The predicted octanol–water partition coefficient (Wildman–Crippen LogP) is 6.29. The number of piperidine rings is 1. The van der Waals surface area contributed by atoms with Crippen LogP contribution >= 0.6 is 11.3 Å². The smallest absolute Gasteiger partial charge is 0.199 e. The van der Waals surface area contributed by atoms with Crippen LogP contribution in [0.2, 0.25) is 0 Å². The first-order chi connectivity index (χ1) is 18.8. The number of aromatic nitrogens is 6.